The summed E-state index contributed by atoms with van der Waals surface area (Å²) in [6.45, 7) is 4.33. The number of aromatic nitrogens is 6. The van der Waals surface area contributed by atoms with E-state index in [0.29, 0.717) is 28.1 Å². The predicted octanol–water partition coefficient (Wildman–Crippen LogP) is 3.97. The molecule has 6 heterocycles. The maximum Gasteiger partial charge on any atom is 0.393 e. The Labute approximate surface area is 216 Å². The first-order valence-corrected chi connectivity index (χ1v) is 12.8. The van der Waals surface area contributed by atoms with E-state index in [1.165, 1.54) is 50.3 Å². The Balaban J connectivity index is 1.14. The maximum atomic E-state index is 13.7. The first-order valence-electron chi connectivity index (χ1n) is 12.8. The van der Waals surface area contributed by atoms with Gasteiger partial charge in [0.1, 0.15) is 12.0 Å². The maximum absolute atomic E-state index is 13.7. The monoisotopic (exact) mass is 524 g/mol. The molecular weight excluding hydrogens is 497 g/mol. The number of rotatable bonds is 6. The van der Waals surface area contributed by atoms with Crippen LogP contribution in [-0.4, -0.2) is 80.2 Å². The van der Waals surface area contributed by atoms with Gasteiger partial charge in [-0.25, -0.2) is 9.50 Å². The summed E-state index contributed by atoms with van der Waals surface area (Å²) >= 11 is 0. The molecule has 1 saturated carbocycles. The average Bonchev–Trinajstić information content (AvgIpc) is 3.44. The summed E-state index contributed by atoms with van der Waals surface area (Å²) in [4.78, 5) is 13.6. The zero-order chi connectivity index (χ0) is 26.1. The van der Waals surface area contributed by atoms with Gasteiger partial charge in [-0.2, -0.15) is 23.4 Å². The third kappa shape index (κ3) is 3.89. The van der Waals surface area contributed by atoms with E-state index in [1.807, 2.05) is 6.07 Å². The lowest BCUT2D eigenvalue weighted by atomic mass is 9.70. The molecule has 0 bridgehead atoms. The second kappa shape index (κ2) is 8.42. The Kier molecular flexibility index (Phi) is 5.19. The minimum Gasteiger partial charge on any atom is -0.493 e. The molecule has 2 saturated heterocycles. The molecule has 0 radical (unpaired) electrons. The van der Waals surface area contributed by atoms with Crippen LogP contribution in [0.15, 0.2) is 36.9 Å². The number of H-pyrrole nitrogens is 1. The average molecular weight is 525 g/mol. The molecule has 0 amide bonds. The Bertz CT molecular complexity index is 1480. The first kappa shape index (κ1) is 23.4. The van der Waals surface area contributed by atoms with E-state index in [0.717, 1.165) is 24.8 Å². The Morgan fingerprint density at radius 3 is 2.61 bits per heavy atom. The van der Waals surface area contributed by atoms with Gasteiger partial charge in [0.25, 0.3) is 0 Å². The zero-order valence-corrected chi connectivity index (χ0v) is 20.9. The van der Waals surface area contributed by atoms with Crippen molar-refractivity contribution in [3.05, 3.63) is 42.5 Å². The molecule has 12 heteroatoms. The molecule has 1 N–H and O–H groups in total. The standard InChI is InChI=1S/C26H27F3N8O/c1-38-21-7-16(10-37-24(21)31-15-32-37)22-19(8-26(27,28)29)23(34-33-22)20-6-5-18(9-30-20)36-13-25(14-36)11-35(12-25)17-3-2-4-17/h5-7,9-10,15,17H,2-4,8,11-14H2,1H3,(H,33,34). The lowest BCUT2D eigenvalue weighted by molar-refractivity contribution is -0.127. The smallest absolute Gasteiger partial charge is 0.393 e. The molecule has 2 aliphatic heterocycles. The highest BCUT2D eigenvalue weighted by atomic mass is 19.4. The molecule has 9 nitrogen and oxygen atoms in total. The third-order valence-corrected chi connectivity index (χ3v) is 8.17. The number of alkyl halides is 3. The van der Waals surface area contributed by atoms with Crippen LogP contribution in [0.5, 0.6) is 5.75 Å². The van der Waals surface area contributed by atoms with Crippen LogP contribution in [0.4, 0.5) is 18.9 Å². The summed E-state index contributed by atoms with van der Waals surface area (Å²) in [5.74, 6) is 0.395. The number of likely N-dealkylation sites (tertiary alicyclic amines) is 1. The van der Waals surface area contributed by atoms with Crippen molar-refractivity contribution in [3.8, 4) is 28.4 Å². The Hall–Kier alpha value is -3.67. The zero-order valence-electron chi connectivity index (χ0n) is 20.9. The van der Waals surface area contributed by atoms with Crippen molar-refractivity contribution in [2.24, 2.45) is 5.41 Å². The van der Waals surface area contributed by atoms with Crippen molar-refractivity contribution in [2.45, 2.75) is 37.9 Å². The number of hydrogen-bond donors (Lipinski definition) is 1. The number of pyridine rings is 2. The summed E-state index contributed by atoms with van der Waals surface area (Å²) in [5.41, 5.74) is 3.12. The van der Waals surface area contributed by atoms with Crippen molar-refractivity contribution < 1.29 is 17.9 Å². The quantitative estimate of drug-likeness (QED) is 0.409. The molecule has 1 spiro atoms. The fraction of sp³-hybridized carbons (Fsp3) is 0.462. The molecule has 0 unspecified atom stereocenters. The van der Waals surface area contributed by atoms with Crippen LogP contribution >= 0.6 is 0 Å². The van der Waals surface area contributed by atoms with Crippen molar-refractivity contribution in [1.82, 2.24) is 34.7 Å². The van der Waals surface area contributed by atoms with Crippen molar-refractivity contribution >= 4 is 11.3 Å². The fourth-order valence-corrected chi connectivity index (χ4v) is 6.06. The van der Waals surface area contributed by atoms with Crippen molar-refractivity contribution in [1.29, 1.82) is 0 Å². The van der Waals surface area contributed by atoms with Crippen LogP contribution < -0.4 is 9.64 Å². The topological polar surface area (TPSA) is 87.5 Å². The number of fused-ring (bicyclic) bond motifs is 1. The number of aromatic amines is 1. The molecule has 7 rings (SSSR count). The fourth-order valence-electron chi connectivity index (χ4n) is 6.06. The van der Waals surface area contributed by atoms with Gasteiger partial charge in [-0.05, 0) is 31.0 Å². The van der Waals surface area contributed by atoms with E-state index >= 15 is 0 Å². The minimum atomic E-state index is -4.43. The first-order chi connectivity index (χ1) is 18.3. The van der Waals surface area contributed by atoms with Gasteiger partial charge >= 0.3 is 6.18 Å². The number of ether oxygens (including phenoxy) is 1. The Morgan fingerprint density at radius 1 is 1.13 bits per heavy atom. The molecular formula is C26H27F3N8O. The van der Waals surface area contributed by atoms with Gasteiger partial charge in [0.2, 0.25) is 0 Å². The number of hydrogen-bond acceptors (Lipinski definition) is 7. The SMILES string of the molecule is COc1cc(-c2[nH]nc(-c3ccc(N4CC5(C4)CN(C4CCC4)C5)cn3)c2CC(F)(F)F)cn2ncnc12. The number of methoxy groups -OCH3 is 1. The van der Waals surface area contributed by atoms with Gasteiger partial charge in [0.15, 0.2) is 11.4 Å². The van der Waals surface area contributed by atoms with Crippen LogP contribution in [0.3, 0.4) is 0 Å². The third-order valence-electron chi connectivity index (χ3n) is 8.17. The molecule has 38 heavy (non-hydrogen) atoms. The lowest BCUT2D eigenvalue weighted by Gasteiger charge is -2.63. The second-order valence-corrected chi connectivity index (χ2v) is 10.8. The lowest BCUT2D eigenvalue weighted by Crippen LogP contribution is -2.74. The number of halogens is 3. The second-order valence-electron chi connectivity index (χ2n) is 10.8. The number of nitrogens with one attached hydrogen (secondary N) is 1. The molecule has 3 fully saturated rings. The van der Waals surface area contributed by atoms with Gasteiger partial charge in [0.05, 0.1) is 36.8 Å². The molecule has 3 aliphatic rings. The number of nitrogens with zero attached hydrogens (tertiary/aromatic N) is 7. The summed E-state index contributed by atoms with van der Waals surface area (Å²) in [6.07, 6.45) is 3.13. The summed E-state index contributed by atoms with van der Waals surface area (Å²) < 4.78 is 47.9. The van der Waals surface area contributed by atoms with Gasteiger partial charge in [-0.15, -0.1) is 0 Å². The summed E-state index contributed by atoms with van der Waals surface area (Å²) in [7, 11) is 1.48. The highest BCUT2D eigenvalue weighted by Crippen LogP contribution is 2.45. The Morgan fingerprint density at radius 2 is 1.95 bits per heavy atom. The minimum absolute atomic E-state index is 0.0210. The van der Waals surface area contributed by atoms with Crippen LogP contribution in [0.2, 0.25) is 0 Å². The van der Waals surface area contributed by atoms with E-state index in [1.54, 1.807) is 24.5 Å². The molecule has 1 aliphatic carbocycles. The molecule has 198 valence electrons. The van der Waals surface area contributed by atoms with Crippen LogP contribution in [0.1, 0.15) is 24.8 Å². The van der Waals surface area contributed by atoms with Crippen LogP contribution in [0.25, 0.3) is 28.3 Å². The van der Waals surface area contributed by atoms with Crippen molar-refractivity contribution in [2.75, 3.05) is 38.2 Å². The van der Waals surface area contributed by atoms with Crippen molar-refractivity contribution in [3.63, 3.8) is 0 Å². The molecule has 0 atom stereocenters. The molecule has 4 aromatic rings. The molecule has 4 aromatic heterocycles. The van der Waals surface area contributed by atoms with Crippen LogP contribution in [0, 0.1) is 5.41 Å². The molecule has 0 aromatic carbocycles. The van der Waals surface area contributed by atoms with E-state index in [-0.39, 0.29) is 17.0 Å². The van der Waals surface area contributed by atoms with Crippen LogP contribution in [-0.2, 0) is 6.42 Å². The summed E-state index contributed by atoms with van der Waals surface area (Å²) in [6, 6.07) is 6.10. The highest BCUT2D eigenvalue weighted by Gasteiger charge is 2.53. The van der Waals surface area contributed by atoms with E-state index in [4.69, 9.17) is 4.74 Å². The van der Waals surface area contributed by atoms with Gasteiger partial charge in [0, 0.05) is 55.0 Å². The van der Waals surface area contributed by atoms with Gasteiger partial charge < -0.3 is 9.64 Å². The van der Waals surface area contributed by atoms with E-state index in [2.05, 4.69) is 35.1 Å². The highest BCUT2D eigenvalue weighted by molar-refractivity contribution is 5.75. The largest absolute Gasteiger partial charge is 0.493 e. The normalized spacial score (nSPS) is 19.4. The van der Waals surface area contributed by atoms with E-state index in [9.17, 15) is 13.2 Å². The van der Waals surface area contributed by atoms with E-state index < -0.39 is 12.6 Å². The van der Waals surface area contributed by atoms with Gasteiger partial charge in [-0.3, -0.25) is 15.0 Å². The predicted molar refractivity (Wildman–Crippen MR) is 134 cm³/mol. The summed E-state index contributed by atoms with van der Waals surface area (Å²) in [5, 5.41) is 11.2. The number of anilines is 1. The van der Waals surface area contributed by atoms with Gasteiger partial charge in [-0.1, -0.05) is 6.42 Å².